The number of ether oxygens (including phenoxy) is 1. The summed E-state index contributed by atoms with van der Waals surface area (Å²) in [5, 5.41) is 0. The first-order valence-corrected chi connectivity index (χ1v) is 7.20. The molecule has 2 aromatic rings. The summed E-state index contributed by atoms with van der Waals surface area (Å²) in [5.41, 5.74) is 6.85. The van der Waals surface area contributed by atoms with E-state index in [0.717, 1.165) is 16.3 Å². The fourth-order valence-corrected chi connectivity index (χ4v) is 2.14. The fraction of sp³-hybridized carbons (Fsp3) is 0.154. The van der Waals surface area contributed by atoms with Gasteiger partial charge in [0.1, 0.15) is 16.4 Å². The predicted molar refractivity (Wildman–Crippen MR) is 81.0 cm³/mol. The van der Waals surface area contributed by atoms with Crippen molar-refractivity contribution in [1.82, 2.24) is 9.97 Å². The zero-order valence-electron chi connectivity index (χ0n) is 10.6. The number of hydrogen-bond donors (Lipinski definition) is 1. The summed E-state index contributed by atoms with van der Waals surface area (Å²) < 4.78 is 5.71. The molecular weight excluding hydrogens is 278 g/mol. The van der Waals surface area contributed by atoms with E-state index in [2.05, 4.69) is 9.97 Å². The maximum absolute atomic E-state index is 5.71. The number of nitrogens with zero attached hydrogens (tertiary/aromatic N) is 2. The summed E-state index contributed by atoms with van der Waals surface area (Å²) in [6, 6.07) is 9.69. The van der Waals surface area contributed by atoms with Crippen molar-refractivity contribution >= 4 is 29.0 Å². The van der Waals surface area contributed by atoms with E-state index < -0.39 is 0 Å². The molecule has 0 saturated carbocycles. The molecule has 0 saturated heterocycles. The number of rotatable bonds is 4. The Balaban J connectivity index is 2.35. The van der Waals surface area contributed by atoms with E-state index in [1.165, 1.54) is 0 Å². The Morgan fingerprint density at radius 2 is 2.05 bits per heavy atom. The summed E-state index contributed by atoms with van der Waals surface area (Å²) in [6.07, 6.45) is 1.99. The first-order valence-electron chi connectivity index (χ1n) is 5.56. The van der Waals surface area contributed by atoms with Crippen LogP contribution in [0.2, 0.25) is 0 Å². The number of aromatic nitrogens is 2. The smallest absolute Gasteiger partial charge is 0.322 e. The Morgan fingerprint density at radius 3 is 2.74 bits per heavy atom. The van der Waals surface area contributed by atoms with Crippen molar-refractivity contribution in [3.8, 4) is 11.8 Å². The highest BCUT2D eigenvalue weighted by atomic mass is 32.2. The second-order valence-corrected chi connectivity index (χ2v) is 5.08. The number of para-hydroxylation sites is 1. The average Bonchev–Trinajstić information content (AvgIpc) is 2.38. The van der Waals surface area contributed by atoms with Crippen LogP contribution in [-0.4, -0.2) is 21.2 Å². The molecule has 2 N–H and O–H groups in total. The van der Waals surface area contributed by atoms with E-state index in [-0.39, 0.29) is 11.0 Å². The summed E-state index contributed by atoms with van der Waals surface area (Å²) in [7, 11) is 0. The first kappa shape index (κ1) is 13.8. The van der Waals surface area contributed by atoms with Crippen LogP contribution in [0.1, 0.15) is 11.4 Å². The number of aryl methyl sites for hydroxylation is 1. The van der Waals surface area contributed by atoms with Gasteiger partial charge in [0.25, 0.3) is 0 Å². The molecule has 0 amide bonds. The van der Waals surface area contributed by atoms with E-state index in [1.54, 1.807) is 17.8 Å². The van der Waals surface area contributed by atoms with Gasteiger partial charge in [0.15, 0.2) is 0 Å². The monoisotopic (exact) mass is 291 g/mol. The van der Waals surface area contributed by atoms with Crippen LogP contribution in [0.15, 0.2) is 35.2 Å². The van der Waals surface area contributed by atoms with Crippen molar-refractivity contribution in [2.45, 2.75) is 11.8 Å². The molecule has 0 aliphatic heterocycles. The molecule has 1 heterocycles. The van der Waals surface area contributed by atoms with Gasteiger partial charge in [-0.2, -0.15) is 4.98 Å². The van der Waals surface area contributed by atoms with Gasteiger partial charge in [0.2, 0.25) is 0 Å². The van der Waals surface area contributed by atoms with Crippen LogP contribution in [0.25, 0.3) is 0 Å². The highest BCUT2D eigenvalue weighted by Crippen LogP contribution is 2.29. The molecule has 4 nitrogen and oxygen atoms in total. The molecule has 0 aliphatic carbocycles. The predicted octanol–water partition coefficient (Wildman–Crippen LogP) is 2.93. The lowest BCUT2D eigenvalue weighted by atomic mass is 10.3. The largest absolute Gasteiger partial charge is 0.423 e. The Hall–Kier alpha value is -1.66. The lowest BCUT2D eigenvalue weighted by molar-refractivity contribution is 0.430. The van der Waals surface area contributed by atoms with Crippen LogP contribution in [0.5, 0.6) is 11.8 Å². The van der Waals surface area contributed by atoms with Crippen LogP contribution in [0.4, 0.5) is 0 Å². The number of thioether (sulfide) groups is 1. The van der Waals surface area contributed by atoms with E-state index in [0.29, 0.717) is 5.69 Å². The lowest BCUT2D eigenvalue weighted by Gasteiger charge is -2.09. The molecule has 98 valence electrons. The van der Waals surface area contributed by atoms with Gasteiger partial charge in [-0.25, -0.2) is 4.98 Å². The standard InChI is InChI=1S/C13H13N3OS2/c1-8-7-9(12(14)18)16-13(15-8)17-10-5-3-4-6-11(10)19-2/h3-7H,1-2H3,(H2,14,18). The highest BCUT2D eigenvalue weighted by molar-refractivity contribution is 7.98. The molecule has 0 radical (unpaired) electrons. The highest BCUT2D eigenvalue weighted by Gasteiger charge is 2.09. The number of benzene rings is 1. The first-order chi connectivity index (χ1) is 9.10. The quantitative estimate of drug-likeness (QED) is 0.690. The van der Waals surface area contributed by atoms with Gasteiger partial charge in [-0.05, 0) is 31.4 Å². The van der Waals surface area contributed by atoms with Gasteiger partial charge >= 0.3 is 6.01 Å². The van der Waals surface area contributed by atoms with Gasteiger partial charge in [-0.1, -0.05) is 24.4 Å². The summed E-state index contributed by atoms with van der Waals surface area (Å²) >= 11 is 6.52. The minimum absolute atomic E-state index is 0.230. The van der Waals surface area contributed by atoms with Crippen molar-refractivity contribution in [3.05, 3.63) is 41.7 Å². The van der Waals surface area contributed by atoms with Crippen LogP contribution in [-0.2, 0) is 0 Å². The van der Waals surface area contributed by atoms with Crippen molar-refractivity contribution in [2.75, 3.05) is 6.26 Å². The minimum atomic E-state index is 0.230. The van der Waals surface area contributed by atoms with Gasteiger partial charge in [-0.3, -0.25) is 0 Å². The van der Waals surface area contributed by atoms with Crippen LogP contribution >= 0.6 is 24.0 Å². The van der Waals surface area contributed by atoms with Crippen molar-refractivity contribution < 1.29 is 4.74 Å². The second-order valence-electron chi connectivity index (χ2n) is 3.79. The molecule has 1 aromatic carbocycles. The van der Waals surface area contributed by atoms with Crippen LogP contribution < -0.4 is 10.5 Å². The summed E-state index contributed by atoms with van der Waals surface area (Å²) in [4.78, 5) is 9.67. The maximum atomic E-state index is 5.71. The Morgan fingerprint density at radius 1 is 1.32 bits per heavy atom. The van der Waals surface area contributed by atoms with Gasteiger partial charge < -0.3 is 10.5 Å². The molecule has 0 atom stereocenters. The zero-order chi connectivity index (χ0) is 13.8. The van der Waals surface area contributed by atoms with Gasteiger partial charge in [-0.15, -0.1) is 11.8 Å². The van der Waals surface area contributed by atoms with Crippen LogP contribution in [0.3, 0.4) is 0 Å². The normalized spacial score (nSPS) is 10.2. The Bertz CT molecular complexity index is 617. The van der Waals surface area contributed by atoms with E-state index in [4.69, 9.17) is 22.7 Å². The topological polar surface area (TPSA) is 61.0 Å². The summed E-state index contributed by atoms with van der Waals surface area (Å²) in [6.45, 7) is 1.84. The third-order valence-corrected chi connectivity index (χ3v) is 3.34. The van der Waals surface area contributed by atoms with Crippen molar-refractivity contribution in [1.29, 1.82) is 0 Å². The van der Waals surface area contributed by atoms with E-state index in [1.807, 2.05) is 37.4 Å². The lowest BCUT2D eigenvalue weighted by Crippen LogP contribution is -2.13. The van der Waals surface area contributed by atoms with E-state index in [9.17, 15) is 0 Å². The molecule has 6 heteroatoms. The fourth-order valence-electron chi connectivity index (χ4n) is 1.51. The molecule has 0 spiro atoms. The van der Waals surface area contributed by atoms with Crippen molar-refractivity contribution in [3.63, 3.8) is 0 Å². The van der Waals surface area contributed by atoms with Crippen LogP contribution in [0, 0.1) is 6.92 Å². The van der Waals surface area contributed by atoms with Gasteiger partial charge in [0.05, 0.1) is 0 Å². The van der Waals surface area contributed by atoms with Gasteiger partial charge in [0, 0.05) is 10.6 Å². The van der Waals surface area contributed by atoms with E-state index >= 15 is 0 Å². The number of nitrogens with two attached hydrogens (primary N) is 1. The Kier molecular flexibility index (Phi) is 4.34. The third kappa shape index (κ3) is 3.42. The van der Waals surface area contributed by atoms with Crippen molar-refractivity contribution in [2.24, 2.45) is 5.73 Å². The minimum Gasteiger partial charge on any atom is -0.423 e. The Labute approximate surface area is 121 Å². The zero-order valence-corrected chi connectivity index (χ0v) is 12.2. The number of thiocarbonyl (C=S) groups is 1. The third-order valence-electron chi connectivity index (χ3n) is 2.36. The molecule has 1 aromatic heterocycles. The molecule has 0 bridgehead atoms. The SMILES string of the molecule is CSc1ccccc1Oc1nc(C)cc(C(N)=S)n1. The molecule has 0 fully saturated rings. The number of hydrogen-bond acceptors (Lipinski definition) is 5. The molecule has 2 rings (SSSR count). The molecular formula is C13H13N3OS2. The summed E-state index contributed by atoms with van der Waals surface area (Å²) in [5.74, 6) is 0.717. The maximum Gasteiger partial charge on any atom is 0.322 e. The average molecular weight is 291 g/mol. The second kappa shape index (κ2) is 5.99. The molecule has 19 heavy (non-hydrogen) atoms. The molecule has 0 unspecified atom stereocenters. The molecule has 0 aliphatic rings.